The molecule has 0 radical (unpaired) electrons. The minimum atomic E-state index is -1.00. The fourth-order valence-electron chi connectivity index (χ4n) is 6.47. The van der Waals surface area contributed by atoms with Gasteiger partial charge in [-0.3, -0.25) is 4.98 Å². The number of fused-ring (bicyclic) bond motifs is 3. The first-order chi connectivity index (χ1) is 17.9. The molecule has 2 fully saturated rings. The third kappa shape index (κ3) is 4.22. The molecule has 1 saturated carbocycles. The minimum absolute atomic E-state index is 0.0270. The zero-order chi connectivity index (χ0) is 25.6. The van der Waals surface area contributed by atoms with Crippen molar-refractivity contribution in [1.82, 2.24) is 9.88 Å². The van der Waals surface area contributed by atoms with E-state index in [2.05, 4.69) is 45.2 Å². The lowest BCUT2D eigenvalue weighted by molar-refractivity contribution is -0.151. The lowest BCUT2D eigenvalue weighted by Gasteiger charge is -2.48. The highest BCUT2D eigenvalue weighted by Crippen LogP contribution is 2.56. The normalized spacial score (nSPS) is 21.4. The minimum Gasteiger partial charge on any atom is -0.480 e. The van der Waals surface area contributed by atoms with Gasteiger partial charge in [-0.05, 0) is 63.5 Å². The van der Waals surface area contributed by atoms with Crippen molar-refractivity contribution in [2.45, 2.75) is 30.8 Å². The molecule has 2 aromatic carbocycles. The quantitative estimate of drug-likeness (QED) is 0.422. The van der Waals surface area contributed by atoms with Crippen LogP contribution in [0.5, 0.6) is 0 Å². The number of halogens is 1. The van der Waals surface area contributed by atoms with Gasteiger partial charge in [-0.2, -0.15) is 0 Å². The number of hydrogen-bond donors (Lipinski definition) is 1. The lowest BCUT2D eigenvalue weighted by Crippen LogP contribution is -2.58. The van der Waals surface area contributed by atoms with Crippen LogP contribution in [0, 0.1) is 5.41 Å². The zero-order valence-electron chi connectivity index (χ0n) is 20.2. The number of aliphatic carboxylic acids is 1. The Labute approximate surface area is 223 Å². The Morgan fingerprint density at radius 1 is 1.03 bits per heavy atom. The second-order valence-electron chi connectivity index (χ2n) is 10.4. The van der Waals surface area contributed by atoms with E-state index in [0.29, 0.717) is 32.5 Å². The van der Waals surface area contributed by atoms with Gasteiger partial charge in [-0.1, -0.05) is 48.5 Å². The Morgan fingerprint density at radius 3 is 2.35 bits per heavy atom. The third-order valence-corrected chi connectivity index (χ3v) is 8.73. The molecular weight excluding hydrogens is 536 g/mol. The topological polar surface area (TPSA) is 89.0 Å². The number of pyridine rings is 1. The Balaban J connectivity index is 1.12. The first kappa shape index (κ1) is 24.1. The van der Waals surface area contributed by atoms with Crippen molar-refractivity contribution in [2.75, 3.05) is 26.3 Å². The molecule has 0 bridgehead atoms. The fourth-order valence-corrected chi connectivity index (χ4v) is 7.08. The highest BCUT2D eigenvalue weighted by molar-refractivity contribution is 9.10. The first-order valence-electron chi connectivity index (χ1n) is 12.5. The van der Waals surface area contributed by atoms with Gasteiger partial charge in [-0.15, -0.1) is 0 Å². The summed E-state index contributed by atoms with van der Waals surface area (Å²) in [5.41, 5.74) is 4.84. The second-order valence-corrected chi connectivity index (χ2v) is 11.2. The molecule has 1 aromatic heterocycles. The molecule has 1 amide bonds. The van der Waals surface area contributed by atoms with Crippen LogP contribution in [0.1, 0.15) is 41.9 Å². The second kappa shape index (κ2) is 9.26. The predicted molar refractivity (Wildman–Crippen MR) is 140 cm³/mol. The molecule has 1 unspecified atom stereocenters. The number of amides is 1. The van der Waals surface area contributed by atoms with Crippen LogP contribution in [0.15, 0.2) is 71.5 Å². The number of likely N-dealkylation sites (tertiary alicyclic amines) is 1. The Bertz CT molecular complexity index is 1330. The van der Waals surface area contributed by atoms with Crippen LogP contribution in [-0.2, 0) is 19.9 Å². The van der Waals surface area contributed by atoms with Crippen molar-refractivity contribution in [2.24, 2.45) is 5.41 Å². The van der Waals surface area contributed by atoms with Crippen LogP contribution in [0.3, 0.4) is 0 Å². The van der Waals surface area contributed by atoms with E-state index in [1.807, 2.05) is 30.3 Å². The molecule has 3 aliphatic rings. The molecule has 8 heteroatoms. The summed E-state index contributed by atoms with van der Waals surface area (Å²) in [5, 5.41) is 9.27. The molecular formula is C29H27BrN2O5. The number of hydrogen-bond acceptors (Lipinski definition) is 5. The molecule has 7 nitrogen and oxygen atoms in total. The van der Waals surface area contributed by atoms with Gasteiger partial charge in [0.25, 0.3) is 0 Å². The number of benzene rings is 2. The van der Waals surface area contributed by atoms with Crippen molar-refractivity contribution in [3.8, 4) is 11.1 Å². The van der Waals surface area contributed by atoms with Crippen LogP contribution in [0.25, 0.3) is 11.1 Å². The van der Waals surface area contributed by atoms with E-state index in [1.165, 1.54) is 22.3 Å². The molecule has 1 saturated heterocycles. The molecule has 3 aromatic rings. The van der Waals surface area contributed by atoms with Crippen LogP contribution in [0.2, 0.25) is 0 Å². The highest BCUT2D eigenvalue weighted by Gasteiger charge is 2.57. The monoisotopic (exact) mass is 562 g/mol. The van der Waals surface area contributed by atoms with Gasteiger partial charge in [0, 0.05) is 46.9 Å². The standard InChI is InChI=1S/C29H27BrN2O5/c30-25-13-31-12-9-24(25)29(37-15-26(33)34)11-10-28(16-29)17-32(18-28)27(35)36-14-23-21-7-3-1-5-19(21)20-6-2-4-8-22(20)23/h1-9,12-13,23H,10-11,14-18H2,(H,33,34). The molecule has 2 aliphatic carbocycles. The van der Waals surface area contributed by atoms with Gasteiger partial charge in [-0.25, -0.2) is 9.59 Å². The molecule has 6 rings (SSSR count). The summed E-state index contributed by atoms with van der Waals surface area (Å²) in [6.45, 7) is 1.07. The van der Waals surface area contributed by atoms with E-state index in [-0.39, 0.29) is 24.0 Å². The summed E-state index contributed by atoms with van der Waals surface area (Å²) in [4.78, 5) is 30.2. The molecule has 1 spiro atoms. The summed E-state index contributed by atoms with van der Waals surface area (Å²) in [5.74, 6) is -0.974. The number of nitrogens with zero attached hydrogens (tertiary/aromatic N) is 2. The zero-order valence-corrected chi connectivity index (χ0v) is 21.8. The van der Waals surface area contributed by atoms with Gasteiger partial charge in [0.05, 0.1) is 5.60 Å². The van der Waals surface area contributed by atoms with Crippen LogP contribution in [0.4, 0.5) is 4.79 Å². The maximum Gasteiger partial charge on any atom is 0.409 e. The summed E-state index contributed by atoms with van der Waals surface area (Å²) >= 11 is 3.56. The Morgan fingerprint density at radius 2 is 1.70 bits per heavy atom. The summed E-state index contributed by atoms with van der Waals surface area (Å²) in [6, 6.07) is 18.5. The highest BCUT2D eigenvalue weighted by atomic mass is 79.9. The number of carbonyl (C=O) groups is 2. The van der Waals surface area contributed by atoms with Gasteiger partial charge < -0.3 is 19.5 Å². The molecule has 1 N–H and O–H groups in total. The van der Waals surface area contributed by atoms with Crippen molar-refractivity contribution in [3.63, 3.8) is 0 Å². The predicted octanol–water partition coefficient (Wildman–Crippen LogP) is 5.58. The van der Waals surface area contributed by atoms with Gasteiger partial charge >= 0.3 is 12.1 Å². The maximum atomic E-state index is 13.0. The number of ether oxygens (including phenoxy) is 2. The first-order valence-corrected chi connectivity index (χ1v) is 13.2. The van der Waals surface area contributed by atoms with E-state index < -0.39 is 11.6 Å². The average molecular weight is 563 g/mol. The largest absolute Gasteiger partial charge is 0.480 e. The fraction of sp³-hybridized carbons (Fsp3) is 0.345. The van der Waals surface area contributed by atoms with Gasteiger partial charge in [0.2, 0.25) is 0 Å². The summed E-state index contributed by atoms with van der Waals surface area (Å²) < 4.78 is 12.7. The summed E-state index contributed by atoms with van der Waals surface area (Å²) in [7, 11) is 0. The third-order valence-electron chi connectivity index (χ3n) is 8.10. The van der Waals surface area contributed by atoms with Crippen molar-refractivity contribution >= 4 is 28.0 Å². The molecule has 1 atom stereocenters. The summed E-state index contributed by atoms with van der Waals surface area (Å²) in [6.07, 6.45) is 5.26. The van der Waals surface area contributed by atoms with Crippen molar-refractivity contribution in [3.05, 3.63) is 88.2 Å². The molecule has 1 aliphatic heterocycles. The van der Waals surface area contributed by atoms with E-state index in [9.17, 15) is 14.7 Å². The lowest BCUT2D eigenvalue weighted by atomic mass is 9.76. The van der Waals surface area contributed by atoms with E-state index in [4.69, 9.17) is 9.47 Å². The van der Waals surface area contributed by atoms with E-state index in [1.54, 1.807) is 17.3 Å². The Kier molecular flexibility index (Phi) is 6.04. The Hall–Kier alpha value is -3.23. The van der Waals surface area contributed by atoms with Crippen LogP contribution in [-0.4, -0.2) is 53.4 Å². The maximum absolute atomic E-state index is 13.0. The SMILES string of the molecule is O=C(O)COC1(c2ccncc2Br)CCC2(CN(C(=O)OCC3c4ccccc4-c4ccccc43)C2)C1. The van der Waals surface area contributed by atoms with Gasteiger partial charge in [0.15, 0.2) is 0 Å². The number of carboxylic acids is 1. The average Bonchev–Trinajstić information content (AvgIpc) is 3.43. The number of aromatic nitrogens is 1. The smallest absolute Gasteiger partial charge is 0.409 e. The van der Waals surface area contributed by atoms with Crippen LogP contribution >= 0.6 is 15.9 Å². The van der Waals surface area contributed by atoms with Gasteiger partial charge in [0.1, 0.15) is 13.2 Å². The molecule has 37 heavy (non-hydrogen) atoms. The van der Waals surface area contributed by atoms with Crippen LogP contribution < -0.4 is 0 Å². The van der Waals surface area contributed by atoms with Crippen molar-refractivity contribution < 1.29 is 24.2 Å². The number of rotatable bonds is 6. The molecule has 190 valence electrons. The number of carbonyl (C=O) groups excluding carboxylic acids is 1. The van der Waals surface area contributed by atoms with Crippen molar-refractivity contribution in [1.29, 1.82) is 0 Å². The number of carboxylic acid groups (broad SMARTS) is 1. The van der Waals surface area contributed by atoms with E-state index >= 15 is 0 Å². The molecule has 2 heterocycles. The van der Waals surface area contributed by atoms with E-state index in [0.717, 1.165) is 16.5 Å².